The molecular formula is C13H8F3N3O6. The fourth-order valence-corrected chi connectivity index (χ4v) is 1.82. The number of nitro benzene ring substituents is 1. The van der Waals surface area contributed by atoms with Gasteiger partial charge in [0.1, 0.15) is 17.8 Å². The number of halogens is 3. The summed E-state index contributed by atoms with van der Waals surface area (Å²) in [6.07, 6.45) is -4.36. The standard InChI is InChI=1S/C13H8F3N3O6/c14-13(15,16)10-4-11(20)18(6-17-10)9-3-7(25-5-12(21)22)1-2-8(9)19(23)24/h1-4,6H,5H2,(H,21,22). The number of aromatic nitrogens is 2. The molecule has 1 aromatic carbocycles. The predicted octanol–water partition coefficient (Wildman–Crippen LogP) is 1.62. The molecule has 1 heterocycles. The Balaban J connectivity index is 2.56. The van der Waals surface area contributed by atoms with Crippen LogP contribution in [0.25, 0.3) is 5.69 Å². The Morgan fingerprint density at radius 2 is 2.04 bits per heavy atom. The Kier molecular flexibility index (Phi) is 4.72. The van der Waals surface area contributed by atoms with E-state index in [0.717, 1.165) is 18.2 Å². The van der Waals surface area contributed by atoms with E-state index in [1.54, 1.807) is 0 Å². The third kappa shape index (κ3) is 4.10. The van der Waals surface area contributed by atoms with Crippen LogP contribution < -0.4 is 10.3 Å². The Morgan fingerprint density at radius 3 is 2.56 bits per heavy atom. The highest BCUT2D eigenvalue weighted by molar-refractivity contribution is 5.68. The van der Waals surface area contributed by atoms with E-state index in [9.17, 15) is 32.9 Å². The predicted molar refractivity (Wildman–Crippen MR) is 74.6 cm³/mol. The van der Waals surface area contributed by atoms with Crippen molar-refractivity contribution in [1.29, 1.82) is 0 Å². The van der Waals surface area contributed by atoms with E-state index in [4.69, 9.17) is 9.84 Å². The molecule has 1 N–H and O–H groups in total. The summed E-state index contributed by atoms with van der Waals surface area (Å²) in [5.41, 5.74) is -3.68. The quantitative estimate of drug-likeness (QED) is 0.635. The van der Waals surface area contributed by atoms with E-state index in [0.29, 0.717) is 10.9 Å². The molecule has 12 heteroatoms. The van der Waals surface area contributed by atoms with Crippen molar-refractivity contribution >= 4 is 11.7 Å². The van der Waals surface area contributed by atoms with E-state index >= 15 is 0 Å². The summed E-state index contributed by atoms with van der Waals surface area (Å²) in [7, 11) is 0. The fraction of sp³-hybridized carbons (Fsp3) is 0.154. The minimum Gasteiger partial charge on any atom is -0.482 e. The first-order valence-corrected chi connectivity index (χ1v) is 6.39. The molecule has 0 unspecified atom stereocenters. The second-order valence-corrected chi connectivity index (χ2v) is 4.57. The first-order valence-electron chi connectivity index (χ1n) is 6.39. The lowest BCUT2D eigenvalue weighted by Gasteiger charge is -2.10. The van der Waals surface area contributed by atoms with Crippen LogP contribution in [0.4, 0.5) is 18.9 Å². The van der Waals surface area contributed by atoms with Crippen molar-refractivity contribution in [3.63, 3.8) is 0 Å². The highest BCUT2D eigenvalue weighted by Gasteiger charge is 2.33. The number of aliphatic carboxylic acids is 1. The van der Waals surface area contributed by atoms with E-state index in [1.165, 1.54) is 0 Å². The van der Waals surface area contributed by atoms with Gasteiger partial charge in [-0.05, 0) is 6.07 Å². The Morgan fingerprint density at radius 1 is 1.36 bits per heavy atom. The number of hydrogen-bond acceptors (Lipinski definition) is 6. The maximum absolute atomic E-state index is 12.6. The third-order valence-corrected chi connectivity index (χ3v) is 2.87. The van der Waals surface area contributed by atoms with Gasteiger partial charge in [-0.25, -0.2) is 9.78 Å². The summed E-state index contributed by atoms with van der Waals surface area (Å²) in [6.45, 7) is -0.753. The maximum atomic E-state index is 12.6. The Hall–Kier alpha value is -3.44. The fourth-order valence-electron chi connectivity index (χ4n) is 1.82. The van der Waals surface area contributed by atoms with E-state index in [2.05, 4.69) is 4.98 Å². The molecule has 0 aliphatic carbocycles. The molecule has 0 fully saturated rings. The monoisotopic (exact) mass is 359 g/mol. The second kappa shape index (κ2) is 6.59. The number of ether oxygens (including phenoxy) is 1. The number of hydrogen-bond donors (Lipinski definition) is 1. The van der Waals surface area contributed by atoms with Gasteiger partial charge in [-0.2, -0.15) is 13.2 Å². The summed E-state index contributed by atoms with van der Waals surface area (Å²) in [4.78, 5) is 35.7. The van der Waals surface area contributed by atoms with Crippen molar-refractivity contribution in [1.82, 2.24) is 9.55 Å². The van der Waals surface area contributed by atoms with E-state index in [1.807, 2.05) is 0 Å². The average Bonchev–Trinajstić information content (AvgIpc) is 2.51. The van der Waals surface area contributed by atoms with Crippen LogP contribution in [0.15, 0.2) is 35.4 Å². The summed E-state index contributed by atoms with van der Waals surface area (Å²) in [6, 6.07) is 3.16. The lowest BCUT2D eigenvalue weighted by molar-refractivity contribution is -0.384. The second-order valence-electron chi connectivity index (χ2n) is 4.57. The van der Waals surface area contributed by atoms with Crippen LogP contribution >= 0.6 is 0 Å². The van der Waals surface area contributed by atoms with Crippen LogP contribution in [-0.4, -0.2) is 32.2 Å². The van der Waals surface area contributed by atoms with Gasteiger partial charge in [-0.15, -0.1) is 0 Å². The van der Waals surface area contributed by atoms with Gasteiger partial charge in [0.15, 0.2) is 12.3 Å². The van der Waals surface area contributed by atoms with Gasteiger partial charge in [0.05, 0.1) is 4.92 Å². The number of nitrogens with zero attached hydrogens (tertiary/aromatic N) is 3. The van der Waals surface area contributed by atoms with Gasteiger partial charge in [-0.1, -0.05) is 0 Å². The minimum absolute atomic E-state index is 0.130. The minimum atomic E-state index is -4.85. The zero-order valence-electron chi connectivity index (χ0n) is 12.1. The third-order valence-electron chi connectivity index (χ3n) is 2.87. The molecule has 9 nitrogen and oxygen atoms in total. The Bertz CT molecular complexity index is 893. The summed E-state index contributed by atoms with van der Waals surface area (Å²) in [5.74, 6) is -1.44. The number of carboxylic acids is 1. The van der Waals surface area contributed by atoms with Crippen molar-refractivity contribution in [3.05, 3.63) is 56.8 Å². The molecule has 0 saturated heterocycles. The zero-order chi connectivity index (χ0) is 18.8. The highest BCUT2D eigenvalue weighted by atomic mass is 19.4. The number of carbonyl (C=O) groups is 1. The molecular weight excluding hydrogens is 351 g/mol. The van der Waals surface area contributed by atoms with Crippen molar-refractivity contribution in [2.75, 3.05) is 6.61 Å². The van der Waals surface area contributed by atoms with Gasteiger partial charge >= 0.3 is 12.1 Å². The van der Waals surface area contributed by atoms with Crippen LogP contribution in [0.3, 0.4) is 0 Å². The molecule has 0 atom stereocenters. The molecule has 2 rings (SSSR count). The normalized spacial score (nSPS) is 11.2. The molecule has 2 aromatic rings. The lowest BCUT2D eigenvalue weighted by atomic mass is 10.2. The summed E-state index contributed by atoms with van der Waals surface area (Å²) in [5, 5.41) is 19.6. The number of benzene rings is 1. The van der Waals surface area contributed by atoms with Gasteiger partial charge in [0.25, 0.3) is 11.2 Å². The van der Waals surface area contributed by atoms with Crippen LogP contribution in [0.2, 0.25) is 0 Å². The molecule has 0 amide bonds. The first-order chi connectivity index (χ1) is 11.6. The SMILES string of the molecule is O=C(O)COc1ccc([N+](=O)[O-])c(-n2cnc(C(F)(F)F)cc2=O)c1. The largest absolute Gasteiger partial charge is 0.482 e. The molecule has 1 aromatic heterocycles. The highest BCUT2D eigenvalue weighted by Crippen LogP contribution is 2.28. The Labute approximate surface area is 136 Å². The summed E-state index contributed by atoms with van der Waals surface area (Å²) >= 11 is 0. The lowest BCUT2D eigenvalue weighted by Crippen LogP contribution is -2.23. The number of rotatable bonds is 5. The van der Waals surface area contributed by atoms with Crippen molar-refractivity contribution in [3.8, 4) is 11.4 Å². The zero-order valence-corrected chi connectivity index (χ0v) is 12.1. The molecule has 132 valence electrons. The van der Waals surface area contributed by atoms with E-state index in [-0.39, 0.29) is 11.8 Å². The van der Waals surface area contributed by atoms with Crippen LogP contribution in [0, 0.1) is 10.1 Å². The smallest absolute Gasteiger partial charge is 0.433 e. The van der Waals surface area contributed by atoms with Crippen LogP contribution in [0.1, 0.15) is 5.69 Å². The van der Waals surface area contributed by atoms with Crippen molar-refractivity contribution in [2.24, 2.45) is 0 Å². The number of nitro groups is 1. The number of alkyl halides is 3. The van der Waals surface area contributed by atoms with Crippen LogP contribution in [-0.2, 0) is 11.0 Å². The molecule has 0 bridgehead atoms. The average molecular weight is 359 g/mol. The number of carboxylic acid groups (broad SMARTS) is 1. The molecule has 25 heavy (non-hydrogen) atoms. The first kappa shape index (κ1) is 17.9. The van der Waals surface area contributed by atoms with Gasteiger partial charge < -0.3 is 9.84 Å². The van der Waals surface area contributed by atoms with Gasteiger partial charge in [-0.3, -0.25) is 19.5 Å². The summed E-state index contributed by atoms with van der Waals surface area (Å²) < 4.78 is 43.0. The molecule has 0 aliphatic rings. The molecule has 0 radical (unpaired) electrons. The van der Waals surface area contributed by atoms with Crippen molar-refractivity contribution < 1.29 is 32.7 Å². The van der Waals surface area contributed by atoms with Crippen molar-refractivity contribution in [2.45, 2.75) is 6.18 Å². The molecule has 0 spiro atoms. The van der Waals surface area contributed by atoms with Crippen LogP contribution in [0.5, 0.6) is 5.75 Å². The van der Waals surface area contributed by atoms with E-state index < -0.39 is 46.3 Å². The molecule has 0 aliphatic heterocycles. The maximum Gasteiger partial charge on any atom is 0.433 e. The van der Waals surface area contributed by atoms with Gasteiger partial charge in [0, 0.05) is 18.2 Å². The molecule has 0 saturated carbocycles. The van der Waals surface area contributed by atoms with Gasteiger partial charge in [0.2, 0.25) is 0 Å². The topological polar surface area (TPSA) is 125 Å².